The first-order chi connectivity index (χ1) is 12.0. The maximum atomic E-state index is 13.0. The first-order valence-corrected chi connectivity index (χ1v) is 8.90. The van der Waals surface area contributed by atoms with Gasteiger partial charge in [-0.05, 0) is 56.5 Å². The number of aryl methyl sites for hydroxylation is 1. The molecule has 0 saturated carbocycles. The van der Waals surface area contributed by atoms with E-state index in [1.165, 1.54) is 23.4 Å². The summed E-state index contributed by atoms with van der Waals surface area (Å²) in [5.74, 6) is -0.115. The van der Waals surface area contributed by atoms with Crippen LogP contribution in [0.2, 0.25) is 0 Å². The number of hydrogen-bond acceptors (Lipinski definition) is 2. The smallest absolute Gasteiger partial charge is 0.223 e. The molecule has 1 amide bonds. The van der Waals surface area contributed by atoms with Gasteiger partial charge in [0.2, 0.25) is 5.91 Å². The lowest BCUT2D eigenvalue weighted by Gasteiger charge is -2.33. The average molecular weight is 340 g/mol. The number of nitrogens with zero attached hydrogens (tertiary/aromatic N) is 1. The van der Waals surface area contributed by atoms with E-state index in [2.05, 4.69) is 41.4 Å². The summed E-state index contributed by atoms with van der Waals surface area (Å²) in [6.07, 6.45) is 1.71. The Kier molecular flexibility index (Phi) is 5.37. The summed E-state index contributed by atoms with van der Waals surface area (Å²) in [7, 11) is 0. The summed E-state index contributed by atoms with van der Waals surface area (Å²) >= 11 is 0. The molecule has 0 aromatic heterocycles. The van der Waals surface area contributed by atoms with Crippen molar-refractivity contribution in [3.8, 4) is 0 Å². The fourth-order valence-electron chi connectivity index (χ4n) is 3.32. The molecule has 1 atom stereocenters. The number of rotatable bonds is 4. The zero-order valence-electron chi connectivity index (χ0n) is 14.8. The van der Waals surface area contributed by atoms with Crippen LogP contribution >= 0.6 is 0 Å². The van der Waals surface area contributed by atoms with Crippen LogP contribution in [0.4, 0.5) is 10.1 Å². The third-order valence-electron chi connectivity index (χ3n) is 4.99. The van der Waals surface area contributed by atoms with E-state index in [9.17, 15) is 9.18 Å². The maximum Gasteiger partial charge on any atom is 0.223 e. The quantitative estimate of drug-likeness (QED) is 0.903. The highest BCUT2D eigenvalue weighted by Gasteiger charge is 2.26. The molecule has 132 valence electrons. The molecule has 25 heavy (non-hydrogen) atoms. The third kappa shape index (κ3) is 4.38. The van der Waals surface area contributed by atoms with Gasteiger partial charge in [0.25, 0.3) is 0 Å². The molecule has 1 unspecified atom stereocenters. The zero-order valence-corrected chi connectivity index (χ0v) is 14.8. The number of piperidine rings is 1. The summed E-state index contributed by atoms with van der Waals surface area (Å²) < 4.78 is 13.0. The first kappa shape index (κ1) is 17.5. The van der Waals surface area contributed by atoms with Gasteiger partial charge in [0, 0.05) is 24.7 Å². The number of anilines is 1. The van der Waals surface area contributed by atoms with Gasteiger partial charge < -0.3 is 10.2 Å². The van der Waals surface area contributed by atoms with Crippen molar-refractivity contribution >= 4 is 11.6 Å². The van der Waals surface area contributed by atoms with Crippen LogP contribution in [-0.4, -0.2) is 19.0 Å². The van der Waals surface area contributed by atoms with Gasteiger partial charge in [-0.15, -0.1) is 0 Å². The van der Waals surface area contributed by atoms with E-state index >= 15 is 0 Å². The van der Waals surface area contributed by atoms with Gasteiger partial charge in [-0.1, -0.05) is 29.8 Å². The fraction of sp³-hybridized carbons (Fsp3) is 0.381. The predicted molar refractivity (Wildman–Crippen MR) is 99.1 cm³/mol. The van der Waals surface area contributed by atoms with Crippen molar-refractivity contribution in [2.45, 2.75) is 32.7 Å². The number of halogens is 1. The largest absolute Gasteiger partial charge is 0.371 e. The summed E-state index contributed by atoms with van der Waals surface area (Å²) in [5, 5.41) is 3.07. The van der Waals surface area contributed by atoms with Crippen molar-refractivity contribution in [1.29, 1.82) is 0 Å². The second-order valence-electron chi connectivity index (χ2n) is 6.88. The highest BCUT2D eigenvalue weighted by molar-refractivity contribution is 5.79. The van der Waals surface area contributed by atoms with Gasteiger partial charge in [0.1, 0.15) is 5.82 Å². The van der Waals surface area contributed by atoms with E-state index in [0.717, 1.165) is 31.5 Å². The molecule has 0 radical (unpaired) electrons. The van der Waals surface area contributed by atoms with Crippen LogP contribution in [0.25, 0.3) is 0 Å². The van der Waals surface area contributed by atoms with E-state index in [-0.39, 0.29) is 23.7 Å². The van der Waals surface area contributed by atoms with Gasteiger partial charge in [0.15, 0.2) is 0 Å². The number of benzene rings is 2. The van der Waals surface area contributed by atoms with Crippen LogP contribution in [0.1, 0.15) is 36.9 Å². The van der Waals surface area contributed by atoms with Gasteiger partial charge in [0.05, 0.1) is 6.04 Å². The van der Waals surface area contributed by atoms with E-state index in [4.69, 9.17) is 0 Å². The predicted octanol–water partition coefficient (Wildman–Crippen LogP) is 4.23. The standard InChI is InChI=1S/C21H25FN2O/c1-15-3-9-20(10-4-15)24-13-11-18(12-14-24)21(25)23-16(2)17-5-7-19(22)8-6-17/h3-10,16,18H,11-14H2,1-2H3,(H,23,25). The van der Waals surface area contributed by atoms with Gasteiger partial charge in [-0.2, -0.15) is 0 Å². The minimum atomic E-state index is -0.259. The number of carbonyl (C=O) groups is 1. The van der Waals surface area contributed by atoms with Crippen molar-refractivity contribution in [3.05, 3.63) is 65.5 Å². The maximum absolute atomic E-state index is 13.0. The van der Waals surface area contributed by atoms with Crippen LogP contribution < -0.4 is 10.2 Å². The molecule has 3 rings (SSSR count). The van der Waals surface area contributed by atoms with Crippen LogP contribution in [0.15, 0.2) is 48.5 Å². The molecule has 1 N–H and O–H groups in total. The number of carbonyl (C=O) groups excluding carboxylic acids is 1. The normalized spacial score (nSPS) is 16.5. The Morgan fingerprint density at radius 1 is 1.08 bits per heavy atom. The number of amides is 1. The molecule has 1 heterocycles. The van der Waals surface area contributed by atoms with Gasteiger partial charge in [-0.3, -0.25) is 4.79 Å². The SMILES string of the molecule is Cc1ccc(N2CCC(C(=O)NC(C)c3ccc(F)cc3)CC2)cc1. The zero-order chi connectivity index (χ0) is 17.8. The fourth-order valence-corrected chi connectivity index (χ4v) is 3.32. The van der Waals surface area contributed by atoms with Gasteiger partial charge in [-0.25, -0.2) is 4.39 Å². The van der Waals surface area contributed by atoms with E-state index in [1.54, 1.807) is 12.1 Å². The highest BCUT2D eigenvalue weighted by Crippen LogP contribution is 2.24. The summed E-state index contributed by atoms with van der Waals surface area (Å²) in [5.41, 5.74) is 3.41. The average Bonchev–Trinajstić information content (AvgIpc) is 2.63. The Morgan fingerprint density at radius 3 is 2.28 bits per heavy atom. The Balaban J connectivity index is 1.52. The minimum Gasteiger partial charge on any atom is -0.371 e. The molecule has 1 saturated heterocycles. The van der Waals surface area contributed by atoms with Crippen LogP contribution in [0.3, 0.4) is 0 Å². The molecule has 1 aliphatic rings. The summed E-state index contributed by atoms with van der Waals surface area (Å²) in [6.45, 7) is 5.81. The van der Waals surface area contributed by atoms with Crippen LogP contribution in [0.5, 0.6) is 0 Å². The second kappa shape index (κ2) is 7.68. The van der Waals surface area contributed by atoms with Crippen LogP contribution in [-0.2, 0) is 4.79 Å². The monoisotopic (exact) mass is 340 g/mol. The molecule has 0 aliphatic carbocycles. The van der Waals surface area contributed by atoms with Gasteiger partial charge >= 0.3 is 0 Å². The lowest BCUT2D eigenvalue weighted by Crippen LogP contribution is -2.41. The number of hydrogen-bond donors (Lipinski definition) is 1. The van der Waals surface area contributed by atoms with E-state index in [0.29, 0.717) is 0 Å². The van der Waals surface area contributed by atoms with Crippen molar-refractivity contribution in [1.82, 2.24) is 5.32 Å². The van der Waals surface area contributed by atoms with Crippen molar-refractivity contribution in [3.63, 3.8) is 0 Å². The van der Waals surface area contributed by atoms with Crippen molar-refractivity contribution < 1.29 is 9.18 Å². The Hall–Kier alpha value is -2.36. The number of nitrogens with one attached hydrogen (secondary N) is 1. The second-order valence-corrected chi connectivity index (χ2v) is 6.88. The van der Waals surface area contributed by atoms with Crippen molar-refractivity contribution in [2.75, 3.05) is 18.0 Å². The molecule has 1 fully saturated rings. The molecule has 4 heteroatoms. The van der Waals surface area contributed by atoms with E-state index in [1.807, 2.05) is 6.92 Å². The molecular weight excluding hydrogens is 315 g/mol. The molecule has 2 aromatic carbocycles. The molecule has 0 bridgehead atoms. The topological polar surface area (TPSA) is 32.3 Å². The lowest BCUT2D eigenvalue weighted by molar-refractivity contribution is -0.126. The Morgan fingerprint density at radius 2 is 1.68 bits per heavy atom. The van der Waals surface area contributed by atoms with Crippen molar-refractivity contribution in [2.24, 2.45) is 5.92 Å². The Bertz CT molecular complexity index is 704. The summed E-state index contributed by atoms with van der Waals surface area (Å²) in [6, 6.07) is 14.7. The minimum absolute atomic E-state index is 0.0459. The first-order valence-electron chi connectivity index (χ1n) is 8.90. The summed E-state index contributed by atoms with van der Waals surface area (Å²) in [4.78, 5) is 14.9. The molecule has 1 aliphatic heterocycles. The molecule has 3 nitrogen and oxygen atoms in total. The molecule has 0 spiro atoms. The molecule has 2 aromatic rings. The third-order valence-corrected chi connectivity index (χ3v) is 4.99. The lowest BCUT2D eigenvalue weighted by atomic mass is 9.94. The van der Waals surface area contributed by atoms with E-state index < -0.39 is 0 Å². The van der Waals surface area contributed by atoms with Crippen LogP contribution in [0, 0.1) is 18.7 Å². The Labute approximate surface area is 148 Å². The molecular formula is C21H25FN2O. The highest BCUT2D eigenvalue weighted by atomic mass is 19.1.